The summed E-state index contributed by atoms with van der Waals surface area (Å²) in [6, 6.07) is 2.06. The molecule has 0 spiro atoms. The lowest BCUT2D eigenvalue weighted by Crippen LogP contribution is -1.66. The van der Waals surface area contributed by atoms with E-state index in [-0.39, 0.29) is 0 Å². The van der Waals surface area contributed by atoms with Gasteiger partial charge in [0.1, 0.15) is 0 Å². The Morgan fingerprint density at radius 2 is 1.64 bits per heavy atom. The Morgan fingerprint density at radius 3 is 2.07 bits per heavy atom. The topological polar surface area (TPSA) is 0 Å². The van der Waals surface area contributed by atoms with E-state index in [9.17, 15) is 0 Å². The Morgan fingerprint density at radius 1 is 0.929 bits per heavy atom. The van der Waals surface area contributed by atoms with Crippen molar-refractivity contribution in [2.45, 2.75) is 0 Å². The van der Waals surface area contributed by atoms with E-state index in [0.29, 0.717) is 0 Å². The highest BCUT2D eigenvalue weighted by molar-refractivity contribution is 9.14. The van der Waals surface area contributed by atoms with Crippen molar-refractivity contribution in [1.82, 2.24) is 0 Å². The summed E-state index contributed by atoms with van der Waals surface area (Å²) in [5.74, 6) is 0. The Bertz CT molecular complexity index is 472. The van der Waals surface area contributed by atoms with Crippen LogP contribution < -0.4 is 0 Å². The van der Waals surface area contributed by atoms with Crippen molar-refractivity contribution >= 4 is 86.4 Å². The van der Waals surface area contributed by atoms with Gasteiger partial charge < -0.3 is 0 Å². The third kappa shape index (κ3) is 2.06. The van der Waals surface area contributed by atoms with Crippen LogP contribution in [0.4, 0.5) is 0 Å². The van der Waals surface area contributed by atoms with Crippen LogP contribution in [0.2, 0.25) is 0 Å². The highest BCUT2D eigenvalue weighted by Crippen LogP contribution is 2.49. The molecule has 0 N–H and O–H groups in total. The molecule has 0 fully saturated rings. The Labute approximate surface area is 123 Å². The average molecular weight is 482 g/mol. The maximum atomic E-state index is 3.58. The number of halogens is 4. The Balaban J connectivity index is 2.63. The zero-order valence-corrected chi connectivity index (χ0v) is 14.5. The maximum absolute atomic E-state index is 3.58. The summed E-state index contributed by atoms with van der Waals surface area (Å²) in [6.07, 6.45) is 0. The largest absolute Gasteiger partial charge is 0.142 e. The smallest absolute Gasteiger partial charge is 0.0859 e. The lowest BCUT2D eigenvalue weighted by atomic mass is 10.4. The van der Waals surface area contributed by atoms with E-state index in [2.05, 4.69) is 75.2 Å². The highest BCUT2D eigenvalue weighted by atomic mass is 79.9. The minimum absolute atomic E-state index is 1.08. The summed E-state index contributed by atoms with van der Waals surface area (Å²) in [7, 11) is 0. The molecule has 0 aromatic carbocycles. The number of rotatable bonds is 1. The lowest BCUT2D eigenvalue weighted by Gasteiger charge is -1.94. The van der Waals surface area contributed by atoms with Crippen molar-refractivity contribution in [3.05, 3.63) is 28.7 Å². The molecule has 2 heterocycles. The van der Waals surface area contributed by atoms with Crippen molar-refractivity contribution in [2.24, 2.45) is 0 Å². The summed E-state index contributed by atoms with van der Waals surface area (Å²) in [5, 5.41) is 2.08. The normalized spacial score (nSPS) is 10.9. The van der Waals surface area contributed by atoms with Crippen molar-refractivity contribution in [3.8, 4) is 9.75 Å². The fourth-order valence-electron chi connectivity index (χ4n) is 0.967. The first kappa shape index (κ1) is 11.8. The Kier molecular flexibility index (Phi) is 3.94. The standard InChI is InChI=1S/C8H2Br4S2/c9-3-1-2-13-6(3)7-4(10)5(11)8(12)14-7/h1-2H. The zero-order chi connectivity index (χ0) is 10.3. The molecule has 0 atom stereocenters. The summed E-state index contributed by atoms with van der Waals surface area (Å²) in [5.41, 5.74) is 0. The minimum atomic E-state index is 1.08. The van der Waals surface area contributed by atoms with Gasteiger partial charge >= 0.3 is 0 Å². The van der Waals surface area contributed by atoms with Gasteiger partial charge in [-0.15, -0.1) is 22.7 Å². The predicted octanol–water partition coefficient (Wildman–Crippen LogP) is 6.53. The predicted molar refractivity (Wildman–Crippen MR) is 78.4 cm³/mol. The van der Waals surface area contributed by atoms with Gasteiger partial charge in [-0.1, -0.05) is 0 Å². The number of hydrogen-bond donors (Lipinski definition) is 0. The summed E-state index contributed by atoms with van der Waals surface area (Å²) < 4.78 is 4.44. The monoisotopic (exact) mass is 478 g/mol. The van der Waals surface area contributed by atoms with Crippen LogP contribution in [0.1, 0.15) is 0 Å². The molecule has 0 aliphatic carbocycles. The second kappa shape index (κ2) is 4.67. The molecule has 0 saturated carbocycles. The summed E-state index contributed by atoms with van der Waals surface area (Å²) in [4.78, 5) is 2.50. The zero-order valence-electron chi connectivity index (χ0n) is 6.48. The van der Waals surface area contributed by atoms with E-state index in [1.165, 1.54) is 9.75 Å². The molecule has 2 aromatic rings. The molecule has 0 aliphatic rings. The van der Waals surface area contributed by atoms with Gasteiger partial charge in [-0.2, -0.15) is 0 Å². The molecule has 2 aromatic heterocycles. The SMILES string of the molecule is Brc1ccsc1-c1sc(Br)c(Br)c1Br. The molecular formula is C8H2Br4S2. The van der Waals surface area contributed by atoms with Gasteiger partial charge in [0, 0.05) is 4.47 Å². The second-order valence-electron chi connectivity index (χ2n) is 2.43. The molecule has 74 valence electrons. The van der Waals surface area contributed by atoms with Gasteiger partial charge in [0.05, 0.1) is 22.5 Å². The quantitative estimate of drug-likeness (QED) is 0.434. The first-order valence-corrected chi connectivity index (χ1v) is 8.34. The summed E-state index contributed by atoms with van der Waals surface area (Å²) >= 11 is 17.6. The van der Waals surface area contributed by atoms with Gasteiger partial charge in [0.15, 0.2) is 0 Å². The molecule has 0 radical (unpaired) electrons. The van der Waals surface area contributed by atoms with Crippen molar-refractivity contribution in [3.63, 3.8) is 0 Å². The average Bonchev–Trinajstić information content (AvgIpc) is 2.66. The van der Waals surface area contributed by atoms with E-state index in [1.807, 2.05) is 0 Å². The van der Waals surface area contributed by atoms with Crippen LogP contribution in [0.25, 0.3) is 9.75 Å². The maximum Gasteiger partial charge on any atom is 0.0859 e. The number of hydrogen-bond acceptors (Lipinski definition) is 2. The molecule has 0 aliphatic heterocycles. The molecular weight excluding hydrogens is 480 g/mol. The van der Waals surface area contributed by atoms with E-state index in [0.717, 1.165) is 17.2 Å². The van der Waals surface area contributed by atoms with Crippen LogP contribution in [-0.4, -0.2) is 0 Å². The van der Waals surface area contributed by atoms with Crippen LogP contribution in [-0.2, 0) is 0 Å². The molecule has 0 nitrogen and oxygen atoms in total. The van der Waals surface area contributed by atoms with Crippen LogP contribution in [0.5, 0.6) is 0 Å². The van der Waals surface area contributed by atoms with Gasteiger partial charge in [0.25, 0.3) is 0 Å². The van der Waals surface area contributed by atoms with E-state index in [1.54, 1.807) is 22.7 Å². The first-order valence-electron chi connectivity index (χ1n) is 3.48. The Hall–Kier alpha value is 1.32. The van der Waals surface area contributed by atoms with Gasteiger partial charge in [-0.3, -0.25) is 0 Å². The second-order valence-corrected chi connectivity index (χ2v) is 8.13. The fraction of sp³-hybridized carbons (Fsp3) is 0. The number of thiophene rings is 2. The molecule has 14 heavy (non-hydrogen) atoms. The molecule has 0 bridgehead atoms. The van der Waals surface area contributed by atoms with E-state index < -0.39 is 0 Å². The van der Waals surface area contributed by atoms with Crippen LogP contribution in [0.15, 0.2) is 28.7 Å². The fourth-order valence-corrected chi connectivity index (χ4v) is 6.07. The van der Waals surface area contributed by atoms with Gasteiger partial charge in [-0.25, -0.2) is 0 Å². The van der Waals surface area contributed by atoms with Crippen molar-refractivity contribution < 1.29 is 0 Å². The first-order chi connectivity index (χ1) is 6.61. The van der Waals surface area contributed by atoms with Gasteiger partial charge in [0.2, 0.25) is 0 Å². The van der Waals surface area contributed by atoms with Crippen molar-refractivity contribution in [2.75, 3.05) is 0 Å². The molecule has 0 unspecified atom stereocenters. The van der Waals surface area contributed by atoms with Gasteiger partial charge in [-0.05, 0) is 75.2 Å². The van der Waals surface area contributed by atoms with Crippen LogP contribution in [0, 0.1) is 0 Å². The van der Waals surface area contributed by atoms with E-state index >= 15 is 0 Å². The molecule has 0 amide bonds. The van der Waals surface area contributed by atoms with Crippen molar-refractivity contribution in [1.29, 1.82) is 0 Å². The summed E-state index contributed by atoms with van der Waals surface area (Å²) in [6.45, 7) is 0. The van der Waals surface area contributed by atoms with Crippen LogP contribution >= 0.6 is 86.4 Å². The van der Waals surface area contributed by atoms with E-state index in [4.69, 9.17) is 0 Å². The molecule has 6 heteroatoms. The van der Waals surface area contributed by atoms with Crippen LogP contribution in [0.3, 0.4) is 0 Å². The third-order valence-corrected chi connectivity index (χ3v) is 8.62. The minimum Gasteiger partial charge on any atom is -0.142 e. The molecule has 2 rings (SSSR count). The molecule has 0 saturated heterocycles. The third-order valence-electron chi connectivity index (χ3n) is 1.58. The lowest BCUT2D eigenvalue weighted by molar-refractivity contribution is 1.73. The highest BCUT2D eigenvalue weighted by Gasteiger charge is 2.16.